The second kappa shape index (κ2) is 28.4. The summed E-state index contributed by atoms with van der Waals surface area (Å²) in [4.78, 5) is 43.4. The van der Waals surface area contributed by atoms with Crippen molar-refractivity contribution in [2.45, 2.75) is 136 Å². The molecule has 0 spiro atoms. The number of carbonyl (C=O) groups is 4. The molecule has 4 aromatic carbocycles. The highest BCUT2D eigenvalue weighted by atomic mass is 35.5. The summed E-state index contributed by atoms with van der Waals surface area (Å²) < 4.78 is 10.8. The van der Waals surface area contributed by atoms with Crippen LogP contribution in [0.2, 0.25) is 0 Å². The Morgan fingerprint density at radius 3 is 1.39 bits per heavy atom. The summed E-state index contributed by atoms with van der Waals surface area (Å²) in [6.07, 6.45) is 8.84. The molecule has 346 valence electrons. The third kappa shape index (κ3) is 23.3. The van der Waals surface area contributed by atoms with Gasteiger partial charge in [-0.05, 0) is 152 Å². The molecule has 0 aliphatic carbocycles. The highest BCUT2D eigenvalue weighted by Crippen LogP contribution is 2.36. The number of halogens is 2. The van der Waals surface area contributed by atoms with E-state index in [1.807, 2.05) is 45.0 Å². The fraction of sp³-hybridized carbons (Fsp3) is 0.440. The van der Waals surface area contributed by atoms with Crippen LogP contribution in [0.5, 0.6) is 23.0 Å². The van der Waals surface area contributed by atoms with E-state index in [1.165, 1.54) is 0 Å². The molecule has 4 rings (SSSR count). The van der Waals surface area contributed by atoms with Gasteiger partial charge in [-0.25, -0.2) is 0 Å². The molecule has 0 saturated carbocycles. The number of aromatic hydroxyl groups is 2. The van der Waals surface area contributed by atoms with Crippen molar-refractivity contribution < 1.29 is 38.9 Å². The summed E-state index contributed by atoms with van der Waals surface area (Å²) in [5, 5.41) is 35.4. The second-order valence-electron chi connectivity index (χ2n) is 17.2. The van der Waals surface area contributed by atoms with E-state index in [4.69, 9.17) is 32.7 Å². The maximum Gasteiger partial charge on any atom is 0.311 e. The van der Waals surface area contributed by atoms with E-state index in [2.05, 4.69) is 41.2 Å². The number of benzene rings is 4. The number of phenols is 2. The Morgan fingerprint density at radius 2 is 0.938 bits per heavy atom. The van der Waals surface area contributed by atoms with Crippen LogP contribution in [0.4, 0.5) is 22.7 Å². The average Bonchev–Trinajstić information content (AvgIpc) is 3.22. The van der Waals surface area contributed by atoms with E-state index >= 15 is 0 Å². The molecular formula is C50H64Cl2N4O8. The van der Waals surface area contributed by atoms with Crippen molar-refractivity contribution in [1.82, 2.24) is 0 Å². The molecule has 0 bridgehead atoms. The summed E-state index contributed by atoms with van der Waals surface area (Å²) in [5.41, 5.74) is 4.43. The molecule has 64 heavy (non-hydrogen) atoms. The molecule has 0 aliphatic rings. The minimum Gasteiger partial charge on any atom is -0.508 e. The van der Waals surface area contributed by atoms with Gasteiger partial charge in [-0.2, -0.15) is 20.5 Å². The van der Waals surface area contributed by atoms with E-state index in [-0.39, 0.29) is 44.6 Å². The van der Waals surface area contributed by atoms with E-state index < -0.39 is 0 Å². The Hall–Kier alpha value is -5.46. The molecule has 0 fully saturated rings. The topological polar surface area (TPSA) is 177 Å². The summed E-state index contributed by atoms with van der Waals surface area (Å²) in [7, 11) is 1.66. The first kappa shape index (κ1) is 54.7. The van der Waals surface area contributed by atoms with Gasteiger partial charge in [0.15, 0.2) is 0 Å². The smallest absolute Gasteiger partial charge is 0.311 e. The van der Waals surface area contributed by atoms with E-state index in [9.17, 15) is 29.4 Å². The number of azo groups is 2. The predicted octanol–water partition coefficient (Wildman–Crippen LogP) is 14.9. The van der Waals surface area contributed by atoms with E-state index in [0.717, 1.165) is 73.9 Å². The molecule has 12 nitrogen and oxygen atoms in total. The lowest BCUT2D eigenvalue weighted by molar-refractivity contribution is -0.134. The largest absolute Gasteiger partial charge is 0.508 e. The maximum atomic E-state index is 12.0. The van der Waals surface area contributed by atoms with Crippen molar-refractivity contribution in [2.75, 3.05) is 7.11 Å². The Kier molecular flexibility index (Phi) is 24.2. The Bertz CT molecular complexity index is 2130. The molecule has 2 N–H and O–H groups in total. The van der Waals surface area contributed by atoms with Crippen LogP contribution in [0.25, 0.3) is 0 Å². The molecule has 14 heteroatoms. The molecule has 0 radical (unpaired) electrons. The second-order valence-corrected chi connectivity index (χ2v) is 18.1. The summed E-state index contributed by atoms with van der Waals surface area (Å²) >= 11 is 10.3. The minimum atomic E-state index is -0.289. The summed E-state index contributed by atoms with van der Waals surface area (Å²) in [5.74, 6) is 1.75. The summed E-state index contributed by atoms with van der Waals surface area (Å²) in [6.45, 7) is 14.1. The molecule has 0 aromatic heterocycles. The van der Waals surface area contributed by atoms with Gasteiger partial charge >= 0.3 is 5.97 Å². The average molecular weight is 920 g/mol. The van der Waals surface area contributed by atoms with Gasteiger partial charge in [0.1, 0.15) is 28.8 Å². The number of carbonyl (C=O) groups excluding carboxylic acids is 4. The van der Waals surface area contributed by atoms with Crippen LogP contribution < -0.4 is 9.47 Å². The van der Waals surface area contributed by atoms with E-state index in [0.29, 0.717) is 48.5 Å². The van der Waals surface area contributed by atoms with Crippen LogP contribution >= 0.6 is 23.2 Å². The lowest BCUT2D eigenvalue weighted by Gasteiger charge is -2.22. The zero-order valence-corrected chi connectivity index (χ0v) is 40.0. The highest BCUT2D eigenvalue weighted by Gasteiger charge is 2.20. The van der Waals surface area contributed by atoms with Gasteiger partial charge in [0.25, 0.3) is 0 Å². The van der Waals surface area contributed by atoms with Crippen LogP contribution in [-0.4, -0.2) is 39.6 Å². The molecule has 0 saturated heterocycles. The molecule has 4 aromatic rings. The fourth-order valence-electron chi connectivity index (χ4n) is 5.92. The maximum absolute atomic E-state index is 12.0. The van der Waals surface area contributed by atoms with Crippen LogP contribution in [0.1, 0.15) is 137 Å². The number of esters is 1. The van der Waals surface area contributed by atoms with Gasteiger partial charge in [0.2, 0.25) is 10.5 Å². The first-order valence-electron chi connectivity index (χ1n) is 21.5. The lowest BCUT2D eigenvalue weighted by Crippen LogP contribution is -2.12. The van der Waals surface area contributed by atoms with Gasteiger partial charge < -0.3 is 24.5 Å². The van der Waals surface area contributed by atoms with Crippen molar-refractivity contribution in [3.63, 3.8) is 0 Å². The molecule has 0 aliphatic heterocycles. The Balaban J connectivity index is 0.000000373. The van der Waals surface area contributed by atoms with Crippen LogP contribution in [0.15, 0.2) is 105 Å². The number of methoxy groups -OCH3 is 1. The number of rotatable bonds is 20. The number of ketones is 1. The Morgan fingerprint density at radius 1 is 0.531 bits per heavy atom. The zero-order chi connectivity index (χ0) is 47.7. The number of nitrogens with zero attached hydrogens (tertiary/aromatic N) is 4. The van der Waals surface area contributed by atoms with Crippen LogP contribution in [0.3, 0.4) is 0 Å². The van der Waals surface area contributed by atoms with Gasteiger partial charge in [-0.15, -0.1) is 0 Å². The van der Waals surface area contributed by atoms with Crippen molar-refractivity contribution >= 4 is 68.2 Å². The van der Waals surface area contributed by atoms with Crippen molar-refractivity contribution in [2.24, 2.45) is 20.5 Å². The highest BCUT2D eigenvalue weighted by molar-refractivity contribution is 6.63. The first-order valence-corrected chi connectivity index (χ1v) is 22.2. The van der Waals surface area contributed by atoms with Crippen molar-refractivity contribution in [1.29, 1.82) is 0 Å². The number of phenolic OH excluding ortho intramolecular Hbond substituents is 2. The first-order chi connectivity index (χ1) is 30.2. The molecule has 0 unspecified atom stereocenters. The normalized spacial score (nSPS) is 11.3. The molecule has 0 amide bonds. The van der Waals surface area contributed by atoms with Gasteiger partial charge in [0.05, 0.1) is 29.9 Å². The molecule has 0 heterocycles. The van der Waals surface area contributed by atoms with Crippen molar-refractivity contribution in [3.05, 3.63) is 96.1 Å². The zero-order valence-electron chi connectivity index (χ0n) is 38.5. The van der Waals surface area contributed by atoms with Gasteiger partial charge in [0, 0.05) is 36.8 Å². The summed E-state index contributed by atoms with van der Waals surface area (Å²) in [6, 6.07) is 24.4. The molecular weight excluding hydrogens is 855 g/mol. The fourth-order valence-corrected chi connectivity index (χ4v) is 6.19. The number of unbranched alkanes of at least 4 members (excludes halogenated alkanes) is 6. The molecule has 0 atom stereocenters. The quantitative estimate of drug-likeness (QED) is 0.0289. The number of ether oxygens (including phenoxy) is 2. The lowest BCUT2D eigenvalue weighted by atomic mass is 9.86. The predicted molar refractivity (Wildman–Crippen MR) is 255 cm³/mol. The van der Waals surface area contributed by atoms with Crippen LogP contribution in [0, 0.1) is 0 Å². The number of hydrogen-bond acceptors (Lipinski definition) is 12. The number of Topliss-reactive ketones (excluding diaryl/α,β-unsaturated/α-hetero) is 1. The van der Waals surface area contributed by atoms with E-state index in [1.54, 1.807) is 74.7 Å². The monoisotopic (exact) mass is 918 g/mol. The SMILES string of the molecule is CC(C)(C)c1cc(N=Nc2ccc(O)cc2)ccc1O.COc1ccc(N=Nc2ccc(OC(=O)CCCCCCC(C)=O)cc2)cc1C(C)(C)C.O=C(Cl)CCCCCCC(=O)Cl. The Labute approximate surface area is 388 Å². The van der Waals surface area contributed by atoms with Gasteiger partial charge in [-0.1, -0.05) is 67.2 Å². The van der Waals surface area contributed by atoms with Gasteiger partial charge in [-0.3, -0.25) is 14.4 Å². The van der Waals surface area contributed by atoms with Crippen LogP contribution in [-0.2, 0) is 30.0 Å². The standard InChI is InChI=1S/C26H34N2O4.C16H18N2O2.C8H12Cl2O2/c1-19(29)10-8-6-7-9-11-25(30)32-22-15-12-20(13-16-22)27-28-21-14-17-24(31-5)23(18-21)26(2,3)4;1-16(2,3)14-10-12(6-9-15(14)20)18-17-11-4-7-13(19)8-5-11;9-7(11)5-3-1-2-4-6-8(10)12/h12-18H,6-11H2,1-5H3;4-10,19-20H,1-3H3;1-6H2. The minimum absolute atomic E-state index is 0.0725. The third-order valence-electron chi connectivity index (χ3n) is 9.42. The third-order valence-corrected chi connectivity index (χ3v) is 9.79. The van der Waals surface area contributed by atoms with Crippen molar-refractivity contribution in [3.8, 4) is 23.0 Å². The number of hydrogen-bond donors (Lipinski definition) is 2.